The van der Waals surface area contributed by atoms with Gasteiger partial charge in [-0.2, -0.15) is 12.6 Å². The Balaban J connectivity index is 1.59. The predicted molar refractivity (Wildman–Crippen MR) is 85.8 cm³/mol. The van der Waals surface area contributed by atoms with Crippen LogP contribution in [0.15, 0.2) is 18.2 Å². The molecule has 0 bridgehead atoms. The Hall–Kier alpha value is -0.570. The van der Waals surface area contributed by atoms with Crippen molar-refractivity contribution < 1.29 is 8.78 Å². The fourth-order valence-electron chi connectivity index (χ4n) is 4.31. The van der Waals surface area contributed by atoms with Gasteiger partial charge in [0.05, 0.1) is 0 Å². The average molecular weight is 310 g/mol. The first-order valence-corrected chi connectivity index (χ1v) is 8.78. The van der Waals surface area contributed by atoms with Gasteiger partial charge in [0.15, 0.2) is 11.6 Å². The van der Waals surface area contributed by atoms with E-state index >= 15 is 0 Å². The van der Waals surface area contributed by atoms with Gasteiger partial charge < -0.3 is 0 Å². The van der Waals surface area contributed by atoms with Crippen LogP contribution in [0.1, 0.15) is 62.8 Å². The summed E-state index contributed by atoms with van der Waals surface area (Å²) < 4.78 is 27.3. The second-order valence-electron chi connectivity index (χ2n) is 6.82. The van der Waals surface area contributed by atoms with Gasteiger partial charge in [0.1, 0.15) is 0 Å². The Bertz CT molecular complexity index is 472. The number of hydrogen-bond acceptors (Lipinski definition) is 1. The molecular weight excluding hydrogens is 286 g/mol. The van der Waals surface area contributed by atoms with Crippen LogP contribution in [-0.4, -0.2) is 5.25 Å². The van der Waals surface area contributed by atoms with Crippen LogP contribution < -0.4 is 0 Å². The number of halogens is 2. The van der Waals surface area contributed by atoms with E-state index in [0.717, 1.165) is 24.7 Å². The van der Waals surface area contributed by atoms with Gasteiger partial charge in [-0.25, -0.2) is 8.78 Å². The predicted octanol–water partition coefficient (Wildman–Crippen LogP) is 5.73. The highest BCUT2D eigenvalue weighted by atomic mass is 32.1. The normalized spacial score (nSPS) is 33.9. The molecule has 0 N–H and O–H groups in total. The molecule has 1 aromatic rings. The zero-order chi connectivity index (χ0) is 14.8. The number of benzene rings is 1. The summed E-state index contributed by atoms with van der Waals surface area (Å²) >= 11 is 4.57. The molecule has 0 radical (unpaired) electrons. The second kappa shape index (κ2) is 6.68. The first-order chi connectivity index (χ1) is 10.1. The summed E-state index contributed by atoms with van der Waals surface area (Å²) in [5.41, 5.74) is 0.590. The smallest absolute Gasteiger partial charge is 0.162 e. The Kier molecular flexibility index (Phi) is 4.88. The molecule has 0 heterocycles. The minimum atomic E-state index is -0.707. The second-order valence-corrected chi connectivity index (χ2v) is 7.55. The summed E-state index contributed by atoms with van der Waals surface area (Å²) in [4.78, 5) is 0. The maximum atomic E-state index is 13.9. The summed E-state index contributed by atoms with van der Waals surface area (Å²) in [6.45, 7) is 0. The van der Waals surface area contributed by atoms with Crippen molar-refractivity contribution >= 4 is 12.6 Å². The topological polar surface area (TPSA) is 0 Å². The van der Waals surface area contributed by atoms with Crippen LogP contribution in [-0.2, 0) is 0 Å². The third-order valence-electron chi connectivity index (χ3n) is 5.60. The molecule has 0 amide bonds. The Labute approximate surface area is 131 Å². The largest absolute Gasteiger partial charge is 0.204 e. The van der Waals surface area contributed by atoms with E-state index < -0.39 is 11.6 Å². The Morgan fingerprint density at radius 3 is 2.00 bits per heavy atom. The van der Waals surface area contributed by atoms with Gasteiger partial charge in [-0.05, 0) is 80.8 Å². The average Bonchev–Trinajstić information content (AvgIpc) is 2.51. The molecule has 3 heteroatoms. The van der Waals surface area contributed by atoms with Gasteiger partial charge in [-0.15, -0.1) is 0 Å². The van der Waals surface area contributed by atoms with Crippen LogP contribution >= 0.6 is 12.6 Å². The summed E-state index contributed by atoms with van der Waals surface area (Å²) in [7, 11) is 0. The third kappa shape index (κ3) is 3.44. The van der Waals surface area contributed by atoms with Crippen molar-refractivity contribution in [1.29, 1.82) is 0 Å². The van der Waals surface area contributed by atoms with E-state index in [0.29, 0.717) is 10.8 Å². The molecule has 0 aliphatic heterocycles. The highest BCUT2D eigenvalue weighted by molar-refractivity contribution is 7.80. The molecule has 0 atom stereocenters. The van der Waals surface area contributed by atoms with Crippen molar-refractivity contribution in [2.45, 2.75) is 62.5 Å². The van der Waals surface area contributed by atoms with Crippen LogP contribution in [0.3, 0.4) is 0 Å². The van der Waals surface area contributed by atoms with E-state index in [1.807, 2.05) is 0 Å². The Morgan fingerprint density at radius 1 is 0.810 bits per heavy atom. The molecular formula is C18H24F2S. The van der Waals surface area contributed by atoms with Gasteiger partial charge in [-0.3, -0.25) is 0 Å². The van der Waals surface area contributed by atoms with Crippen molar-refractivity contribution in [2.24, 2.45) is 11.8 Å². The Morgan fingerprint density at radius 2 is 1.38 bits per heavy atom. The van der Waals surface area contributed by atoms with Crippen LogP contribution in [0.4, 0.5) is 8.78 Å². The van der Waals surface area contributed by atoms with Crippen molar-refractivity contribution in [1.82, 2.24) is 0 Å². The lowest BCUT2D eigenvalue weighted by molar-refractivity contribution is 0.187. The first-order valence-electron chi connectivity index (χ1n) is 8.27. The molecule has 116 valence electrons. The van der Waals surface area contributed by atoms with Gasteiger partial charge in [0, 0.05) is 5.25 Å². The maximum Gasteiger partial charge on any atom is 0.162 e. The molecule has 0 unspecified atom stereocenters. The number of hydrogen-bond donors (Lipinski definition) is 1. The molecule has 0 saturated heterocycles. The lowest BCUT2D eigenvalue weighted by Crippen LogP contribution is -2.25. The summed E-state index contributed by atoms with van der Waals surface area (Å²) in [6.07, 6.45) is 9.44. The van der Waals surface area contributed by atoms with Crippen molar-refractivity contribution in [2.75, 3.05) is 0 Å². The molecule has 3 rings (SSSR count). The van der Waals surface area contributed by atoms with Gasteiger partial charge in [0.25, 0.3) is 0 Å². The van der Waals surface area contributed by atoms with E-state index in [1.54, 1.807) is 12.1 Å². The van der Waals surface area contributed by atoms with E-state index in [-0.39, 0.29) is 5.92 Å². The standard InChI is InChI=1S/C18H24F2S/c19-17-3-1-2-16(18(17)20)14-6-4-12(5-7-14)13-8-10-15(21)11-9-13/h1-3,12-15,21H,4-11H2. The SMILES string of the molecule is Fc1cccc(C2CCC(C3CCC(S)CC3)CC2)c1F. The third-order valence-corrected chi connectivity index (χ3v) is 6.12. The van der Waals surface area contributed by atoms with Gasteiger partial charge in [-0.1, -0.05) is 12.1 Å². The highest BCUT2D eigenvalue weighted by Crippen LogP contribution is 2.44. The molecule has 2 aliphatic rings. The van der Waals surface area contributed by atoms with E-state index in [4.69, 9.17) is 0 Å². The molecule has 0 spiro atoms. The lowest BCUT2D eigenvalue weighted by Gasteiger charge is -2.37. The summed E-state index contributed by atoms with van der Waals surface area (Å²) in [5, 5.41) is 0.596. The monoisotopic (exact) mass is 310 g/mol. The quantitative estimate of drug-likeness (QED) is 0.663. The van der Waals surface area contributed by atoms with E-state index in [1.165, 1.54) is 44.6 Å². The van der Waals surface area contributed by atoms with Crippen molar-refractivity contribution in [3.63, 3.8) is 0 Å². The zero-order valence-corrected chi connectivity index (χ0v) is 13.3. The van der Waals surface area contributed by atoms with Crippen molar-refractivity contribution in [3.05, 3.63) is 35.4 Å². The lowest BCUT2D eigenvalue weighted by atomic mass is 9.70. The van der Waals surface area contributed by atoms with Crippen LogP contribution in [0.25, 0.3) is 0 Å². The molecule has 0 nitrogen and oxygen atoms in total. The molecule has 2 fully saturated rings. The summed E-state index contributed by atoms with van der Waals surface area (Å²) in [5.74, 6) is 0.502. The maximum absolute atomic E-state index is 13.9. The fourth-order valence-corrected chi connectivity index (χ4v) is 4.61. The number of rotatable bonds is 2. The summed E-state index contributed by atoms with van der Waals surface area (Å²) in [6, 6.07) is 4.60. The molecule has 2 saturated carbocycles. The molecule has 2 aliphatic carbocycles. The fraction of sp³-hybridized carbons (Fsp3) is 0.667. The highest BCUT2D eigenvalue weighted by Gasteiger charge is 2.31. The van der Waals surface area contributed by atoms with E-state index in [9.17, 15) is 8.78 Å². The zero-order valence-electron chi connectivity index (χ0n) is 12.4. The van der Waals surface area contributed by atoms with Crippen LogP contribution in [0.2, 0.25) is 0 Å². The molecule has 0 aromatic heterocycles. The van der Waals surface area contributed by atoms with Gasteiger partial charge in [0.2, 0.25) is 0 Å². The minimum absolute atomic E-state index is 0.207. The minimum Gasteiger partial charge on any atom is -0.204 e. The van der Waals surface area contributed by atoms with Crippen LogP contribution in [0.5, 0.6) is 0 Å². The molecule has 21 heavy (non-hydrogen) atoms. The van der Waals surface area contributed by atoms with E-state index in [2.05, 4.69) is 12.6 Å². The molecule has 1 aromatic carbocycles. The van der Waals surface area contributed by atoms with Crippen molar-refractivity contribution in [3.8, 4) is 0 Å². The number of thiol groups is 1. The first kappa shape index (κ1) is 15.3. The van der Waals surface area contributed by atoms with Gasteiger partial charge >= 0.3 is 0 Å². The van der Waals surface area contributed by atoms with Crippen LogP contribution in [0, 0.1) is 23.5 Å².